The number of fused-ring (bicyclic) bond motifs is 2. The van der Waals surface area contributed by atoms with Gasteiger partial charge in [0.05, 0.1) is 17.4 Å². The van der Waals surface area contributed by atoms with Crippen molar-refractivity contribution in [3.63, 3.8) is 0 Å². The molecule has 0 unspecified atom stereocenters. The van der Waals surface area contributed by atoms with Crippen LogP contribution < -0.4 is 11.2 Å². The van der Waals surface area contributed by atoms with Crippen LogP contribution in [0, 0.1) is 13.8 Å². The molecule has 4 aromatic rings. The minimum Gasteiger partial charge on any atom is -0.423 e. The van der Waals surface area contributed by atoms with Crippen molar-refractivity contribution in [1.82, 2.24) is 9.55 Å². The Labute approximate surface area is 162 Å². The summed E-state index contributed by atoms with van der Waals surface area (Å²) in [5, 5.41) is 1.42. The molecule has 142 valence electrons. The molecule has 0 aliphatic heterocycles. The molecule has 0 bridgehead atoms. The topological polar surface area (TPSA) is 65.1 Å². The van der Waals surface area contributed by atoms with Crippen LogP contribution in [0.1, 0.15) is 42.3 Å². The summed E-state index contributed by atoms with van der Waals surface area (Å²) >= 11 is 0. The molecule has 2 aromatic carbocycles. The van der Waals surface area contributed by atoms with Crippen LogP contribution in [0.3, 0.4) is 0 Å². The van der Waals surface area contributed by atoms with Crippen molar-refractivity contribution in [3.05, 3.63) is 85.8 Å². The van der Waals surface area contributed by atoms with E-state index in [1.165, 1.54) is 11.6 Å². The third-order valence-electron chi connectivity index (χ3n) is 5.22. The maximum absolute atomic E-state index is 13.0. The van der Waals surface area contributed by atoms with E-state index in [0.717, 1.165) is 16.5 Å². The summed E-state index contributed by atoms with van der Waals surface area (Å²) in [4.78, 5) is 29.7. The van der Waals surface area contributed by atoms with Gasteiger partial charge in [-0.05, 0) is 60.7 Å². The normalized spacial score (nSPS) is 11.6. The largest absolute Gasteiger partial charge is 0.423 e. The maximum Gasteiger partial charge on any atom is 0.336 e. The minimum atomic E-state index is -0.418. The maximum atomic E-state index is 13.0. The van der Waals surface area contributed by atoms with E-state index in [4.69, 9.17) is 4.42 Å². The van der Waals surface area contributed by atoms with Crippen LogP contribution in [-0.2, 0) is 6.54 Å². The predicted molar refractivity (Wildman–Crippen MR) is 111 cm³/mol. The smallest absolute Gasteiger partial charge is 0.336 e. The summed E-state index contributed by atoms with van der Waals surface area (Å²) in [6.07, 6.45) is 0. The Bertz CT molecular complexity index is 1330. The van der Waals surface area contributed by atoms with Gasteiger partial charge in [0, 0.05) is 11.5 Å². The Balaban J connectivity index is 1.95. The van der Waals surface area contributed by atoms with Crippen molar-refractivity contribution in [3.8, 4) is 0 Å². The van der Waals surface area contributed by atoms with Gasteiger partial charge < -0.3 is 4.42 Å². The van der Waals surface area contributed by atoms with Crippen LogP contribution in [0.4, 0.5) is 0 Å². The number of nitrogens with zero attached hydrogens (tertiary/aromatic N) is 2. The lowest BCUT2D eigenvalue weighted by atomic mass is 9.95. The summed E-state index contributed by atoms with van der Waals surface area (Å²) in [6, 6.07) is 12.8. The Morgan fingerprint density at radius 2 is 1.79 bits per heavy atom. The molecule has 2 heterocycles. The van der Waals surface area contributed by atoms with Gasteiger partial charge in [0.2, 0.25) is 0 Å². The third-order valence-corrected chi connectivity index (χ3v) is 5.22. The number of aromatic nitrogens is 2. The number of rotatable bonds is 3. The zero-order valence-corrected chi connectivity index (χ0v) is 16.4. The number of hydrogen-bond acceptors (Lipinski definition) is 4. The van der Waals surface area contributed by atoms with Crippen molar-refractivity contribution >= 4 is 21.9 Å². The van der Waals surface area contributed by atoms with E-state index in [1.807, 2.05) is 38.1 Å². The first-order valence-corrected chi connectivity index (χ1v) is 9.38. The average Bonchev–Trinajstić information content (AvgIpc) is 2.64. The SMILES string of the molecule is Cc1cc2oc(=O)cc(Cn3c(C)nc4ccccc4c3=O)c2cc1C(C)C. The van der Waals surface area contributed by atoms with Gasteiger partial charge in [0.1, 0.15) is 11.4 Å². The second-order valence-electron chi connectivity index (χ2n) is 7.52. The first kappa shape index (κ1) is 18.2. The van der Waals surface area contributed by atoms with Crippen molar-refractivity contribution in [2.75, 3.05) is 0 Å². The molecule has 0 aliphatic carbocycles. The van der Waals surface area contributed by atoms with E-state index in [2.05, 4.69) is 24.9 Å². The third kappa shape index (κ3) is 3.03. The summed E-state index contributed by atoms with van der Waals surface area (Å²) in [5.74, 6) is 0.956. The molecule has 5 heteroatoms. The second kappa shape index (κ2) is 6.75. The molecule has 0 fully saturated rings. The highest BCUT2D eigenvalue weighted by molar-refractivity contribution is 5.82. The number of aryl methyl sites for hydroxylation is 2. The van der Waals surface area contributed by atoms with E-state index >= 15 is 0 Å². The van der Waals surface area contributed by atoms with Crippen molar-refractivity contribution in [2.45, 2.75) is 40.2 Å². The molecule has 0 spiro atoms. The average molecular weight is 374 g/mol. The second-order valence-corrected chi connectivity index (χ2v) is 7.52. The van der Waals surface area contributed by atoms with Crippen LogP contribution in [0.15, 0.2) is 56.5 Å². The lowest BCUT2D eigenvalue weighted by Crippen LogP contribution is -2.25. The van der Waals surface area contributed by atoms with Gasteiger partial charge in [-0.2, -0.15) is 0 Å². The number of para-hydroxylation sites is 1. The van der Waals surface area contributed by atoms with Gasteiger partial charge in [-0.25, -0.2) is 9.78 Å². The van der Waals surface area contributed by atoms with Gasteiger partial charge in [-0.1, -0.05) is 26.0 Å². The van der Waals surface area contributed by atoms with Gasteiger partial charge in [0.15, 0.2) is 0 Å². The summed E-state index contributed by atoms with van der Waals surface area (Å²) in [7, 11) is 0. The zero-order valence-electron chi connectivity index (χ0n) is 16.4. The van der Waals surface area contributed by atoms with E-state index in [0.29, 0.717) is 28.2 Å². The Morgan fingerprint density at radius 3 is 2.54 bits per heavy atom. The quantitative estimate of drug-likeness (QED) is 0.502. The molecule has 0 N–H and O–H groups in total. The standard InChI is InChI=1S/C23H22N2O3/c1-13(2)18-11-19-16(10-22(26)28-21(19)9-14(18)3)12-25-15(4)24-20-8-6-5-7-17(20)23(25)27/h5-11,13H,12H2,1-4H3. The van der Waals surface area contributed by atoms with Gasteiger partial charge in [-0.15, -0.1) is 0 Å². The van der Waals surface area contributed by atoms with E-state index in [-0.39, 0.29) is 12.1 Å². The van der Waals surface area contributed by atoms with Gasteiger partial charge in [0.25, 0.3) is 5.56 Å². The van der Waals surface area contributed by atoms with Gasteiger partial charge >= 0.3 is 5.63 Å². The van der Waals surface area contributed by atoms with Crippen molar-refractivity contribution in [1.29, 1.82) is 0 Å². The molecule has 0 atom stereocenters. The molecule has 2 aromatic heterocycles. The molecule has 5 nitrogen and oxygen atoms in total. The van der Waals surface area contributed by atoms with Crippen LogP contribution in [-0.4, -0.2) is 9.55 Å². The van der Waals surface area contributed by atoms with E-state index < -0.39 is 5.63 Å². The molecular weight excluding hydrogens is 352 g/mol. The van der Waals surface area contributed by atoms with Crippen LogP contribution >= 0.6 is 0 Å². The predicted octanol–water partition coefficient (Wildman–Crippen LogP) is 4.29. The Hall–Kier alpha value is -3.21. The fourth-order valence-corrected chi connectivity index (χ4v) is 3.78. The number of benzene rings is 2. The Morgan fingerprint density at radius 1 is 1.04 bits per heavy atom. The highest BCUT2D eigenvalue weighted by atomic mass is 16.4. The molecule has 4 rings (SSSR count). The Kier molecular flexibility index (Phi) is 4.38. The van der Waals surface area contributed by atoms with Crippen molar-refractivity contribution in [2.24, 2.45) is 0 Å². The summed E-state index contributed by atoms with van der Waals surface area (Å²) in [5.41, 5.74) is 3.74. The van der Waals surface area contributed by atoms with E-state index in [9.17, 15) is 9.59 Å². The zero-order chi connectivity index (χ0) is 20.0. The summed E-state index contributed by atoms with van der Waals surface area (Å²) < 4.78 is 7.04. The molecule has 0 aliphatic rings. The first-order chi connectivity index (χ1) is 13.3. The lowest BCUT2D eigenvalue weighted by molar-refractivity contribution is 0.556. The monoisotopic (exact) mass is 374 g/mol. The molecule has 0 radical (unpaired) electrons. The summed E-state index contributed by atoms with van der Waals surface area (Å²) in [6.45, 7) is 8.36. The molecule has 0 saturated heterocycles. The molecule has 0 saturated carbocycles. The minimum absolute atomic E-state index is 0.110. The fourth-order valence-electron chi connectivity index (χ4n) is 3.78. The highest BCUT2D eigenvalue weighted by Gasteiger charge is 2.14. The number of hydrogen-bond donors (Lipinski definition) is 0. The highest BCUT2D eigenvalue weighted by Crippen LogP contribution is 2.27. The van der Waals surface area contributed by atoms with Gasteiger partial charge in [-0.3, -0.25) is 9.36 Å². The lowest BCUT2D eigenvalue weighted by Gasteiger charge is -2.15. The first-order valence-electron chi connectivity index (χ1n) is 9.38. The fraction of sp³-hybridized carbons (Fsp3) is 0.261. The van der Waals surface area contributed by atoms with Crippen molar-refractivity contribution < 1.29 is 4.42 Å². The van der Waals surface area contributed by atoms with E-state index in [1.54, 1.807) is 10.6 Å². The van der Waals surface area contributed by atoms with Crippen LogP contribution in [0.5, 0.6) is 0 Å². The van der Waals surface area contributed by atoms with Crippen LogP contribution in [0.2, 0.25) is 0 Å². The molecular formula is C23H22N2O3. The van der Waals surface area contributed by atoms with Crippen LogP contribution in [0.25, 0.3) is 21.9 Å². The molecule has 0 amide bonds. The molecule has 28 heavy (non-hydrogen) atoms.